The first-order valence-electron chi connectivity index (χ1n) is 10.3. The van der Waals surface area contributed by atoms with Crippen molar-refractivity contribution in [2.24, 2.45) is 0 Å². The van der Waals surface area contributed by atoms with Gasteiger partial charge >= 0.3 is 0 Å². The molecule has 0 saturated heterocycles. The van der Waals surface area contributed by atoms with E-state index in [9.17, 15) is 5.11 Å². The Morgan fingerprint density at radius 3 is 2.26 bits per heavy atom. The van der Waals surface area contributed by atoms with Crippen LogP contribution in [0.4, 0.5) is 0 Å². The van der Waals surface area contributed by atoms with Crippen LogP contribution in [0.5, 0.6) is 5.75 Å². The average Bonchev–Trinajstić information content (AvgIpc) is 2.72. The van der Waals surface area contributed by atoms with Gasteiger partial charge in [-0.05, 0) is 41.7 Å². The Kier molecular flexibility index (Phi) is 9.72. The molecule has 0 aliphatic heterocycles. The highest BCUT2D eigenvalue weighted by atomic mass is 16.5. The minimum Gasteiger partial charge on any atom is -0.497 e. The molecule has 0 amide bonds. The maximum atomic E-state index is 10.7. The van der Waals surface area contributed by atoms with E-state index in [4.69, 9.17) is 4.74 Å². The molecule has 0 fully saturated rings. The molecule has 0 aromatic heterocycles. The van der Waals surface area contributed by atoms with Crippen molar-refractivity contribution in [2.45, 2.75) is 64.4 Å². The van der Waals surface area contributed by atoms with Crippen LogP contribution in [-0.2, 0) is 0 Å². The van der Waals surface area contributed by atoms with E-state index in [1.165, 1.54) is 49.7 Å². The summed E-state index contributed by atoms with van der Waals surface area (Å²) < 4.78 is 5.21. The summed E-state index contributed by atoms with van der Waals surface area (Å²) in [6.07, 6.45) is 11.4. The van der Waals surface area contributed by atoms with Gasteiger partial charge in [-0.3, -0.25) is 0 Å². The maximum absolute atomic E-state index is 10.7. The number of hydrogen-bond acceptors (Lipinski definition) is 2. The third-order valence-corrected chi connectivity index (χ3v) is 5.01. The van der Waals surface area contributed by atoms with Gasteiger partial charge in [0, 0.05) is 6.42 Å². The Hall–Kier alpha value is -2.06. The van der Waals surface area contributed by atoms with E-state index in [1.807, 2.05) is 30.3 Å². The molecule has 0 aliphatic carbocycles. The van der Waals surface area contributed by atoms with Crippen molar-refractivity contribution in [3.05, 3.63) is 71.8 Å². The number of unbranched alkanes of at least 4 members (excludes halogenated alkanes) is 6. The lowest BCUT2D eigenvalue weighted by Gasteiger charge is -2.15. The van der Waals surface area contributed by atoms with E-state index in [0.29, 0.717) is 6.42 Å². The van der Waals surface area contributed by atoms with Gasteiger partial charge in [0.05, 0.1) is 13.2 Å². The predicted molar refractivity (Wildman–Crippen MR) is 115 cm³/mol. The molecular weight excluding hydrogens is 332 g/mol. The van der Waals surface area contributed by atoms with Gasteiger partial charge in [0.2, 0.25) is 0 Å². The molecule has 0 spiro atoms. The van der Waals surface area contributed by atoms with Crippen molar-refractivity contribution < 1.29 is 9.84 Å². The number of aliphatic hydroxyl groups excluding tert-OH is 1. The molecule has 2 aromatic carbocycles. The summed E-state index contributed by atoms with van der Waals surface area (Å²) in [6.45, 7) is 2.25. The Morgan fingerprint density at radius 2 is 1.59 bits per heavy atom. The molecule has 27 heavy (non-hydrogen) atoms. The fraction of sp³-hybridized carbons (Fsp3) is 0.440. The first kappa shape index (κ1) is 21.2. The Morgan fingerprint density at radius 1 is 0.926 bits per heavy atom. The highest BCUT2D eigenvalue weighted by molar-refractivity contribution is 5.66. The third-order valence-electron chi connectivity index (χ3n) is 5.01. The molecule has 146 valence electrons. The van der Waals surface area contributed by atoms with Crippen molar-refractivity contribution in [3.63, 3.8) is 0 Å². The number of ether oxygens (including phenoxy) is 1. The Balaban J connectivity index is 1.98. The fourth-order valence-corrected chi connectivity index (χ4v) is 3.32. The number of hydrogen-bond donors (Lipinski definition) is 1. The molecule has 0 radical (unpaired) electrons. The molecule has 2 nitrogen and oxygen atoms in total. The van der Waals surface area contributed by atoms with E-state index in [0.717, 1.165) is 17.7 Å². The van der Waals surface area contributed by atoms with Crippen LogP contribution in [0.1, 0.15) is 75.5 Å². The van der Waals surface area contributed by atoms with Gasteiger partial charge in [0.25, 0.3) is 0 Å². The monoisotopic (exact) mass is 366 g/mol. The summed E-state index contributed by atoms with van der Waals surface area (Å²) in [5.74, 6) is 0.813. The zero-order chi connectivity index (χ0) is 19.3. The zero-order valence-corrected chi connectivity index (χ0v) is 16.9. The summed E-state index contributed by atoms with van der Waals surface area (Å²) in [4.78, 5) is 0. The molecule has 2 heteroatoms. The second kappa shape index (κ2) is 12.3. The van der Waals surface area contributed by atoms with Crippen molar-refractivity contribution in [1.82, 2.24) is 0 Å². The largest absolute Gasteiger partial charge is 0.497 e. The van der Waals surface area contributed by atoms with Gasteiger partial charge in [-0.25, -0.2) is 0 Å². The Labute approximate surface area is 164 Å². The van der Waals surface area contributed by atoms with Gasteiger partial charge in [-0.2, -0.15) is 0 Å². The number of methoxy groups -OCH3 is 1. The van der Waals surface area contributed by atoms with Crippen LogP contribution < -0.4 is 4.74 Å². The quantitative estimate of drug-likeness (QED) is 0.412. The molecule has 0 saturated carbocycles. The summed E-state index contributed by atoms with van der Waals surface area (Å²) in [7, 11) is 1.66. The van der Waals surface area contributed by atoms with Gasteiger partial charge in [0.1, 0.15) is 5.75 Å². The predicted octanol–water partition coefficient (Wildman–Crippen LogP) is 6.95. The third kappa shape index (κ3) is 7.60. The lowest BCUT2D eigenvalue weighted by Crippen LogP contribution is -2.00. The highest BCUT2D eigenvalue weighted by Gasteiger charge is 2.12. The van der Waals surface area contributed by atoms with Crippen LogP contribution in [0.3, 0.4) is 0 Å². The minimum atomic E-state index is -0.507. The topological polar surface area (TPSA) is 29.5 Å². The lowest BCUT2D eigenvalue weighted by atomic mass is 9.94. The van der Waals surface area contributed by atoms with Crippen molar-refractivity contribution in [2.75, 3.05) is 7.11 Å². The highest BCUT2D eigenvalue weighted by Crippen LogP contribution is 2.29. The molecule has 1 N–H and O–H groups in total. The molecule has 1 atom stereocenters. The number of benzene rings is 2. The van der Waals surface area contributed by atoms with E-state index < -0.39 is 6.10 Å². The van der Waals surface area contributed by atoms with Gasteiger partial charge in [-0.1, -0.05) is 87.6 Å². The van der Waals surface area contributed by atoms with Crippen LogP contribution in [0.25, 0.3) is 5.57 Å². The lowest BCUT2D eigenvalue weighted by molar-refractivity contribution is 0.184. The molecular formula is C25H34O2. The fourth-order valence-electron chi connectivity index (χ4n) is 3.32. The molecule has 0 bridgehead atoms. The van der Waals surface area contributed by atoms with Crippen LogP contribution in [0.15, 0.2) is 60.7 Å². The van der Waals surface area contributed by atoms with Crippen LogP contribution >= 0.6 is 0 Å². The van der Waals surface area contributed by atoms with Gasteiger partial charge in [0.15, 0.2) is 0 Å². The second-order valence-corrected chi connectivity index (χ2v) is 7.14. The normalized spacial score (nSPS) is 12.8. The first-order valence-corrected chi connectivity index (χ1v) is 10.3. The second-order valence-electron chi connectivity index (χ2n) is 7.14. The number of rotatable bonds is 12. The van der Waals surface area contributed by atoms with Crippen molar-refractivity contribution in [1.29, 1.82) is 0 Å². The Bertz CT molecular complexity index is 658. The van der Waals surface area contributed by atoms with Crippen LogP contribution in [-0.4, -0.2) is 12.2 Å². The summed E-state index contributed by atoms with van der Waals surface area (Å²) >= 11 is 0. The number of aliphatic hydroxyl groups is 1. The summed E-state index contributed by atoms with van der Waals surface area (Å²) in [6, 6.07) is 18.1. The van der Waals surface area contributed by atoms with E-state index in [1.54, 1.807) is 7.11 Å². The SMILES string of the molecule is CCCCCCCC/C=C(\CC(O)c1ccc(OC)cc1)c1ccccc1. The number of allylic oxidation sites excluding steroid dienone is 1. The summed E-state index contributed by atoms with van der Waals surface area (Å²) in [5.41, 5.74) is 3.36. The van der Waals surface area contributed by atoms with Crippen molar-refractivity contribution >= 4 is 5.57 Å². The van der Waals surface area contributed by atoms with Gasteiger partial charge < -0.3 is 9.84 Å². The molecule has 2 aromatic rings. The smallest absolute Gasteiger partial charge is 0.118 e. The van der Waals surface area contributed by atoms with E-state index in [2.05, 4.69) is 37.3 Å². The molecule has 0 aliphatic rings. The molecule has 2 rings (SSSR count). The van der Waals surface area contributed by atoms with Crippen LogP contribution in [0, 0.1) is 0 Å². The average molecular weight is 367 g/mol. The standard InChI is InChI=1S/C25H34O2/c1-3-4-5-6-7-8-10-15-23(21-13-11-9-12-14-21)20-25(26)22-16-18-24(27-2)19-17-22/h9,11-19,25-26H,3-8,10,20H2,1-2H3/b23-15+. The molecule has 0 heterocycles. The van der Waals surface area contributed by atoms with Gasteiger partial charge in [-0.15, -0.1) is 0 Å². The van der Waals surface area contributed by atoms with E-state index in [-0.39, 0.29) is 0 Å². The van der Waals surface area contributed by atoms with Crippen LogP contribution in [0.2, 0.25) is 0 Å². The molecule has 1 unspecified atom stereocenters. The van der Waals surface area contributed by atoms with E-state index >= 15 is 0 Å². The first-order chi connectivity index (χ1) is 13.2. The minimum absolute atomic E-state index is 0.507. The maximum Gasteiger partial charge on any atom is 0.118 e. The summed E-state index contributed by atoms with van der Waals surface area (Å²) in [5, 5.41) is 10.7. The van der Waals surface area contributed by atoms with Crippen molar-refractivity contribution in [3.8, 4) is 5.75 Å². The zero-order valence-electron chi connectivity index (χ0n) is 16.9.